The summed E-state index contributed by atoms with van der Waals surface area (Å²) in [6.07, 6.45) is 4.98. The van der Waals surface area contributed by atoms with Crippen LogP contribution in [0.1, 0.15) is 49.9 Å². The molecule has 0 amide bonds. The van der Waals surface area contributed by atoms with Crippen molar-refractivity contribution in [1.82, 2.24) is 0 Å². The zero-order valence-electron chi connectivity index (χ0n) is 21.2. The van der Waals surface area contributed by atoms with Gasteiger partial charge in [-0.25, -0.2) is 17.6 Å². The Hall–Kier alpha value is -3.54. The third kappa shape index (κ3) is 5.99. The Morgan fingerprint density at radius 2 is 0.750 bits per heavy atom. The third-order valence-electron chi connectivity index (χ3n) is 6.26. The molecule has 0 aromatic heterocycles. The fraction of sp³-hybridized carbons (Fsp3) is 0.267. The van der Waals surface area contributed by atoms with Gasteiger partial charge in [0.15, 0.2) is 23.3 Å². The van der Waals surface area contributed by atoms with Crippen LogP contribution in [0.4, 0.5) is 28.9 Å². The Morgan fingerprint density at radius 1 is 0.472 bits per heavy atom. The van der Waals surface area contributed by atoms with Crippen LogP contribution in [0, 0.1) is 23.3 Å². The minimum Gasteiger partial charge on any atom is -0.372 e. The third-order valence-corrected chi connectivity index (χ3v) is 6.26. The zero-order chi connectivity index (χ0) is 26.2. The number of nitrogens with zero attached hydrogens (tertiary/aromatic N) is 2. The lowest BCUT2D eigenvalue weighted by molar-refractivity contribution is 0.448. The second kappa shape index (κ2) is 12.4. The molecule has 0 saturated heterocycles. The molecule has 0 N–H and O–H groups in total. The summed E-state index contributed by atoms with van der Waals surface area (Å²) in [5.41, 5.74) is 1.85. The lowest BCUT2D eigenvalue weighted by atomic mass is 10.0. The van der Waals surface area contributed by atoms with Crippen LogP contribution in [0.5, 0.6) is 0 Å². The number of halogens is 4. The molecular weight excluding hydrogens is 464 g/mol. The van der Waals surface area contributed by atoms with E-state index in [-0.39, 0.29) is 0 Å². The van der Waals surface area contributed by atoms with E-state index >= 15 is 0 Å². The number of anilines is 2. The summed E-state index contributed by atoms with van der Waals surface area (Å²) in [6.45, 7) is 11.6. The second-order valence-corrected chi connectivity index (χ2v) is 8.28. The van der Waals surface area contributed by atoms with E-state index in [0.29, 0.717) is 11.1 Å². The van der Waals surface area contributed by atoms with Crippen molar-refractivity contribution in [2.75, 3.05) is 36.0 Å². The highest BCUT2D eigenvalue weighted by atomic mass is 19.2. The Morgan fingerprint density at radius 3 is 1.00 bits per heavy atom. The molecular formula is C30H32F4N2. The highest BCUT2D eigenvalue weighted by Gasteiger charge is 2.22. The Labute approximate surface area is 211 Å². The largest absolute Gasteiger partial charge is 0.372 e. The predicted molar refractivity (Wildman–Crippen MR) is 144 cm³/mol. The lowest BCUT2D eigenvalue weighted by Crippen LogP contribution is -2.21. The van der Waals surface area contributed by atoms with E-state index in [4.69, 9.17) is 0 Å². The molecule has 0 bridgehead atoms. The molecule has 0 radical (unpaired) electrons. The average Bonchev–Trinajstić information content (AvgIpc) is 2.90. The van der Waals surface area contributed by atoms with Gasteiger partial charge in [-0.3, -0.25) is 0 Å². The predicted octanol–water partition coefficient (Wildman–Crippen LogP) is 8.28. The fourth-order valence-corrected chi connectivity index (χ4v) is 4.09. The van der Waals surface area contributed by atoms with Gasteiger partial charge in [0.1, 0.15) is 0 Å². The molecule has 0 aliphatic rings. The van der Waals surface area contributed by atoms with E-state index in [2.05, 4.69) is 9.80 Å². The lowest BCUT2D eigenvalue weighted by Gasteiger charge is -2.20. The molecule has 3 aromatic carbocycles. The van der Waals surface area contributed by atoms with Crippen molar-refractivity contribution in [2.45, 2.75) is 27.7 Å². The molecule has 0 unspecified atom stereocenters. The van der Waals surface area contributed by atoms with Gasteiger partial charge >= 0.3 is 0 Å². The van der Waals surface area contributed by atoms with E-state index in [9.17, 15) is 17.6 Å². The molecule has 190 valence electrons. The van der Waals surface area contributed by atoms with Crippen LogP contribution in [0.2, 0.25) is 0 Å². The van der Waals surface area contributed by atoms with Crippen molar-refractivity contribution in [3.63, 3.8) is 0 Å². The maximum Gasteiger partial charge on any atom is 0.169 e. The topological polar surface area (TPSA) is 6.48 Å². The summed E-state index contributed by atoms with van der Waals surface area (Å²) in [5, 5.41) is 0. The Kier molecular flexibility index (Phi) is 9.34. The molecule has 0 aliphatic heterocycles. The van der Waals surface area contributed by atoms with E-state index in [0.717, 1.165) is 49.7 Å². The molecule has 0 saturated carbocycles. The minimum absolute atomic E-state index is 0.655. The summed E-state index contributed by atoms with van der Waals surface area (Å²) in [7, 11) is 0. The zero-order valence-corrected chi connectivity index (χ0v) is 21.2. The van der Waals surface area contributed by atoms with Crippen molar-refractivity contribution < 1.29 is 17.6 Å². The van der Waals surface area contributed by atoms with Crippen LogP contribution < -0.4 is 9.80 Å². The van der Waals surface area contributed by atoms with Gasteiger partial charge in [0.25, 0.3) is 0 Å². The highest BCUT2D eigenvalue weighted by Crippen LogP contribution is 2.28. The monoisotopic (exact) mass is 496 g/mol. The molecule has 36 heavy (non-hydrogen) atoms. The minimum atomic E-state index is -1.43. The number of hydrogen-bond donors (Lipinski definition) is 0. The number of benzene rings is 3. The highest BCUT2D eigenvalue weighted by molar-refractivity contribution is 5.75. The first kappa shape index (κ1) is 27.1. The molecule has 6 heteroatoms. The first-order valence-electron chi connectivity index (χ1n) is 12.3. The van der Waals surface area contributed by atoms with Gasteiger partial charge in [0.2, 0.25) is 0 Å². The summed E-state index contributed by atoms with van der Waals surface area (Å²) in [4.78, 5) is 4.31. The van der Waals surface area contributed by atoms with Gasteiger partial charge in [-0.15, -0.1) is 0 Å². The summed E-state index contributed by atoms with van der Waals surface area (Å²) in [5.74, 6) is -5.72. The van der Waals surface area contributed by atoms with Gasteiger partial charge in [0, 0.05) is 37.6 Å². The molecule has 3 aromatic rings. The summed E-state index contributed by atoms with van der Waals surface area (Å²) >= 11 is 0. The molecule has 3 rings (SSSR count). The first-order chi connectivity index (χ1) is 17.3. The van der Waals surface area contributed by atoms with Gasteiger partial charge in [-0.2, -0.15) is 0 Å². The van der Waals surface area contributed by atoms with E-state index in [1.54, 1.807) is 24.3 Å². The maximum absolute atomic E-state index is 14.7. The number of hydrogen-bond acceptors (Lipinski definition) is 2. The molecule has 0 spiro atoms. The van der Waals surface area contributed by atoms with E-state index in [1.165, 1.54) is 12.2 Å². The molecule has 0 heterocycles. The van der Waals surface area contributed by atoms with E-state index < -0.39 is 34.4 Å². The summed E-state index contributed by atoms with van der Waals surface area (Å²) < 4.78 is 58.9. The average molecular weight is 497 g/mol. The van der Waals surface area contributed by atoms with E-state index in [1.807, 2.05) is 52.0 Å². The van der Waals surface area contributed by atoms with Crippen LogP contribution in [0.15, 0.2) is 48.5 Å². The first-order valence-corrected chi connectivity index (χ1v) is 12.3. The van der Waals surface area contributed by atoms with Crippen molar-refractivity contribution in [1.29, 1.82) is 0 Å². The Balaban J connectivity index is 1.85. The molecule has 0 aliphatic carbocycles. The smallest absolute Gasteiger partial charge is 0.169 e. The second-order valence-electron chi connectivity index (χ2n) is 8.28. The normalized spacial score (nSPS) is 11.6. The van der Waals surface area contributed by atoms with Gasteiger partial charge in [-0.1, -0.05) is 36.4 Å². The summed E-state index contributed by atoms with van der Waals surface area (Å²) in [6, 6.07) is 14.7. The van der Waals surface area contributed by atoms with Gasteiger partial charge < -0.3 is 9.80 Å². The van der Waals surface area contributed by atoms with Crippen molar-refractivity contribution in [3.8, 4) is 0 Å². The van der Waals surface area contributed by atoms with Crippen LogP contribution >= 0.6 is 0 Å². The van der Waals surface area contributed by atoms with Crippen molar-refractivity contribution >= 4 is 35.7 Å². The van der Waals surface area contributed by atoms with Crippen molar-refractivity contribution in [3.05, 3.63) is 94.1 Å². The van der Waals surface area contributed by atoms with Crippen LogP contribution in [0.3, 0.4) is 0 Å². The quantitative estimate of drug-likeness (QED) is 0.158. The Bertz CT molecular complexity index is 1080. The van der Waals surface area contributed by atoms with Crippen LogP contribution in [0.25, 0.3) is 24.3 Å². The maximum atomic E-state index is 14.7. The van der Waals surface area contributed by atoms with Crippen LogP contribution in [-0.4, -0.2) is 26.2 Å². The van der Waals surface area contributed by atoms with Crippen molar-refractivity contribution in [2.24, 2.45) is 0 Å². The molecule has 2 nitrogen and oxygen atoms in total. The standard InChI is InChI=1S/C30H32F4N2/c1-5-35(6-2)23-15-9-21(10-16-23)13-19-25-27(31)29(33)26(30(34)28(25)32)20-14-22-11-17-24(18-12-22)36(7-3)8-4/h9-20H,5-8H2,1-4H3. The van der Waals surface area contributed by atoms with Gasteiger partial charge in [-0.05, 0) is 75.2 Å². The van der Waals surface area contributed by atoms with Crippen LogP contribution in [-0.2, 0) is 0 Å². The molecule has 0 fully saturated rings. The molecule has 0 atom stereocenters. The number of rotatable bonds is 10. The SMILES string of the molecule is CCN(CC)c1ccc(C=Cc2c(F)c(F)c(C=Cc3ccc(N(CC)CC)cc3)c(F)c2F)cc1. The van der Waals surface area contributed by atoms with Gasteiger partial charge in [0.05, 0.1) is 11.1 Å². The fourth-order valence-electron chi connectivity index (χ4n) is 4.09.